The number of nitrogens with zero attached hydrogens (tertiary/aromatic N) is 1. The number of alkyl halides is 3. The molecular weight excluding hydrogens is 249 g/mol. The molecule has 0 radical (unpaired) electrons. The van der Waals surface area contributed by atoms with Crippen molar-refractivity contribution < 1.29 is 22.7 Å². The van der Waals surface area contributed by atoms with Crippen LogP contribution in [0.15, 0.2) is 18.5 Å². The van der Waals surface area contributed by atoms with Crippen molar-refractivity contribution in [1.82, 2.24) is 4.98 Å². The second kappa shape index (κ2) is 4.83. The van der Waals surface area contributed by atoms with Crippen LogP contribution in [0.2, 0.25) is 0 Å². The molecule has 1 amide bonds. The van der Waals surface area contributed by atoms with E-state index in [-0.39, 0.29) is 0 Å². The number of aromatic nitrogens is 1. The first-order chi connectivity index (χ1) is 8.09. The highest BCUT2D eigenvalue weighted by Gasteiger charge is 2.34. The maximum atomic E-state index is 12.6. The second-order valence-electron chi connectivity index (χ2n) is 4.55. The van der Waals surface area contributed by atoms with E-state index < -0.39 is 29.1 Å². The molecule has 0 saturated carbocycles. The SMILES string of the molecule is CC(C)(C)OC(=O)Nc1cnccc1C(F)(F)F. The molecule has 0 saturated heterocycles. The third kappa shape index (κ3) is 4.23. The lowest BCUT2D eigenvalue weighted by Crippen LogP contribution is -2.28. The molecule has 100 valence electrons. The van der Waals surface area contributed by atoms with Crippen LogP contribution < -0.4 is 5.32 Å². The minimum Gasteiger partial charge on any atom is -0.444 e. The Morgan fingerprint density at radius 1 is 1.33 bits per heavy atom. The highest BCUT2D eigenvalue weighted by Crippen LogP contribution is 2.34. The van der Waals surface area contributed by atoms with Gasteiger partial charge in [0.25, 0.3) is 0 Å². The van der Waals surface area contributed by atoms with Crippen LogP contribution in [0.4, 0.5) is 23.7 Å². The Hall–Kier alpha value is -1.79. The number of carbonyl (C=O) groups is 1. The van der Waals surface area contributed by atoms with E-state index in [0.717, 1.165) is 18.5 Å². The Kier molecular flexibility index (Phi) is 3.83. The lowest BCUT2D eigenvalue weighted by molar-refractivity contribution is -0.137. The number of carbonyl (C=O) groups excluding carboxylic acids is 1. The van der Waals surface area contributed by atoms with Crippen LogP contribution in [0, 0.1) is 0 Å². The van der Waals surface area contributed by atoms with Crippen LogP contribution in [-0.2, 0) is 10.9 Å². The number of hydrogen-bond acceptors (Lipinski definition) is 3. The van der Waals surface area contributed by atoms with E-state index in [9.17, 15) is 18.0 Å². The van der Waals surface area contributed by atoms with E-state index >= 15 is 0 Å². The molecule has 4 nitrogen and oxygen atoms in total. The van der Waals surface area contributed by atoms with Gasteiger partial charge in [0.2, 0.25) is 0 Å². The van der Waals surface area contributed by atoms with Crippen LogP contribution in [0.25, 0.3) is 0 Å². The zero-order chi connectivity index (χ0) is 14.0. The summed E-state index contributed by atoms with van der Waals surface area (Å²) in [6, 6.07) is 0.784. The molecule has 0 atom stereocenters. The third-order valence-electron chi connectivity index (χ3n) is 1.76. The van der Waals surface area contributed by atoms with Crippen LogP contribution in [0.1, 0.15) is 26.3 Å². The molecule has 0 unspecified atom stereocenters. The smallest absolute Gasteiger partial charge is 0.418 e. The van der Waals surface area contributed by atoms with Crippen LogP contribution >= 0.6 is 0 Å². The van der Waals surface area contributed by atoms with Crippen LogP contribution in [-0.4, -0.2) is 16.7 Å². The van der Waals surface area contributed by atoms with Crippen molar-refractivity contribution >= 4 is 11.8 Å². The van der Waals surface area contributed by atoms with E-state index in [1.807, 2.05) is 5.32 Å². The number of nitrogens with one attached hydrogen (secondary N) is 1. The second-order valence-corrected chi connectivity index (χ2v) is 4.55. The van der Waals surface area contributed by atoms with Crippen molar-refractivity contribution in [2.75, 3.05) is 5.32 Å². The third-order valence-corrected chi connectivity index (χ3v) is 1.76. The first kappa shape index (κ1) is 14.3. The van der Waals surface area contributed by atoms with Gasteiger partial charge in [-0.2, -0.15) is 13.2 Å². The molecule has 0 aliphatic rings. The normalized spacial score (nSPS) is 12.1. The van der Waals surface area contributed by atoms with Crippen molar-refractivity contribution in [3.05, 3.63) is 24.0 Å². The van der Waals surface area contributed by atoms with Gasteiger partial charge in [-0.1, -0.05) is 0 Å². The largest absolute Gasteiger partial charge is 0.444 e. The molecule has 1 heterocycles. The summed E-state index contributed by atoms with van der Waals surface area (Å²) in [5.41, 5.74) is -2.19. The molecule has 0 spiro atoms. The number of ether oxygens (including phenoxy) is 1. The Bertz CT molecular complexity index is 439. The topological polar surface area (TPSA) is 51.2 Å². The summed E-state index contributed by atoms with van der Waals surface area (Å²) in [7, 11) is 0. The Labute approximate surface area is 102 Å². The Balaban J connectivity index is 2.89. The standard InChI is InChI=1S/C11H13F3N2O2/c1-10(2,3)18-9(17)16-8-6-15-5-4-7(8)11(12,13)14/h4-6H,1-3H3,(H,16,17). The fourth-order valence-corrected chi connectivity index (χ4v) is 1.15. The molecule has 1 rings (SSSR count). The number of hydrogen-bond donors (Lipinski definition) is 1. The Morgan fingerprint density at radius 2 is 1.94 bits per heavy atom. The van der Waals surface area contributed by atoms with Gasteiger partial charge in [0.05, 0.1) is 17.4 Å². The summed E-state index contributed by atoms with van der Waals surface area (Å²) in [4.78, 5) is 14.9. The summed E-state index contributed by atoms with van der Waals surface area (Å²) in [6.07, 6.45) is -3.59. The maximum Gasteiger partial charge on any atom is 0.418 e. The van der Waals surface area contributed by atoms with Crippen molar-refractivity contribution in [3.63, 3.8) is 0 Å². The summed E-state index contributed by atoms with van der Waals surface area (Å²) < 4.78 is 42.7. The minimum absolute atomic E-state index is 0.431. The van der Waals surface area contributed by atoms with Gasteiger partial charge < -0.3 is 4.74 Å². The number of pyridine rings is 1. The lowest BCUT2D eigenvalue weighted by atomic mass is 10.2. The van der Waals surface area contributed by atoms with Crippen molar-refractivity contribution in [3.8, 4) is 0 Å². The quantitative estimate of drug-likeness (QED) is 0.843. The summed E-state index contributed by atoms with van der Waals surface area (Å²) in [5.74, 6) is 0. The number of halogens is 3. The number of anilines is 1. The number of amides is 1. The average Bonchev–Trinajstić information content (AvgIpc) is 2.13. The lowest BCUT2D eigenvalue weighted by Gasteiger charge is -2.20. The predicted molar refractivity (Wildman–Crippen MR) is 59.1 cm³/mol. The van der Waals surface area contributed by atoms with Gasteiger partial charge in [0.1, 0.15) is 5.60 Å². The minimum atomic E-state index is -4.56. The molecule has 1 aromatic heterocycles. The van der Waals surface area contributed by atoms with Crippen molar-refractivity contribution in [1.29, 1.82) is 0 Å². The molecule has 0 aliphatic carbocycles. The van der Waals surface area contributed by atoms with E-state index in [1.54, 1.807) is 20.8 Å². The van der Waals surface area contributed by atoms with Gasteiger partial charge in [0.15, 0.2) is 0 Å². The molecule has 18 heavy (non-hydrogen) atoms. The number of rotatable bonds is 1. The summed E-state index contributed by atoms with van der Waals surface area (Å²) in [6.45, 7) is 4.83. The van der Waals surface area contributed by atoms with E-state index in [2.05, 4.69) is 4.98 Å². The average molecular weight is 262 g/mol. The molecule has 0 aliphatic heterocycles. The van der Waals surface area contributed by atoms with Crippen molar-refractivity contribution in [2.24, 2.45) is 0 Å². The van der Waals surface area contributed by atoms with Gasteiger partial charge >= 0.3 is 12.3 Å². The van der Waals surface area contributed by atoms with Gasteiger partial charge in [0, 0.05) is 6.20 Å². The molecule has 7 heteroatoms. The van der Waals surface area contributed by atoms with E-state index in [0.29, 0.717) is 0 Å². The molecule has 0 fully saturated rings. The van der Waals surface area contributed by atoms with Gasteiger partial charge in [-0.25, -0.2) is 4.79 Å². The fraction of sp³-hybridized carbons (Fsp3) is 0.455. The van der Waals surface area contributed by atoms with Crippen molar-refractivity contribution in [2.45, 2.75) is 32.5 Å². The van der Waals surface area contributed by atoms with Gasteiger partial charge in [-0.15, -0.1) is 0 Å². The van der Waals surface area contributed by atoms with E-state index in [4.69, 9.17) is 4.74 Å². The fourth-order valence-electron chi connectivity index (χ4n) is 1.15. The summed E-state index contributed by atoms with van der Waals surface area (Å²) in [5, 5.41) is 2.03. The summed E-state index contributed by atoms with van der Waals surface area (Å²) >= 11 is 0. The molecule has 1 N–H and O–H groups in total. The Morgan fingerprint density at radius 3 is 2.44 bits per heavy atom. The van der Waals surface area contributed by atoms with Crippen LogP contribution in [0.3, 0.4) is 0 Å². The first-order valence-corrected chi connectivity index (χ1v) is 5.11. The highest BCUT2D eigenvalue weighted by molar-refractivity contribution is 5.85. The molecule has 0 aromatic carbocycles. The monoisotopic (exact) mass is 262 g/mol. The molecule has 1 aromatic rings. The van der Waals surface area contributed by atoms with Gasteiger partial charge in [-0.3, -0.25) is 10.3 Å². The van der Waals surface area contributed by atoms with E-state index in [1.165, 1.54) is 0 Å². The first-order valence-electron chi connectivity index (χ1n) is 5.11. The zero-order valence-electron chi connectivity index (χ0n) is 10.1. The zero-order valence-corrected chi connectivity index (χ0v) is 10.1. The highest BCUT2D eigenvalue weighted by atomic mass is 19.4. The molecule has 0 bridgehead atoms. The molecular formula is C11H13F3N2O2. The van der Waals surface area contributed by atoms with Crippen LogP contribution in [0.5, 0.6) is 0 Å². The predicted octanol–water partition coefficient (Wildman–Crippen LogP) is 3.45. The van der Waals surface area contributed by atoms with Gasteiger partial charge in [-0.05, 0) is 26.8 Å². The maximum absolute atomic E-state index is 12.6.